The zero-order chi connectivity index (χ0) is 14.9. The third kappa shape index (κ3) is 3.87. The Morgan fingerprint density at radius 1 is 1.30 bits per heavy atom. The Kier molecular flexibility index (Phi) is 4.25. The van der Waals surface area contributed by atoms with Crippen molar-refractivity contribution in [2.24, 2.45) is 17.8 Å². The van der Waals surface area contributed by atoms with Crippen LogP contribution in [0.4, 0.5) is 4.79 Å². The van der Waals surface area contributed by atoms with Crippen LogP contribution in [0.2, 0.25) is 0 Å². The molecule has 0 spiro atoms. The molecule has 2 aliphatic rings. The van der Waals surface area contributed by atoms with E-state index in [4.69, 9.17) is 9.84 Å². The van der Waals surface area contributed by atoms with E-state index >= 15 is 0 Å². The van der Waals surface area contributed by atoms with Crippen LogP contribution < -0.4 is 5.32 Å². The van der Waals surface area contributed by atoms with Gasteiger partial charge in [0.15, 0.2) is 0 Å². The van der Waals surface area contributed by atoms with Gasteiger partial charge in [-0.1, -0.05) is 6.42 Å². The third-order valence-corrected chi connectivity index (χ3v) is 4.41. The predicted molar refractivity (Wildman–Crippen MR) is 74.3 cm³/mol. The van der Waals surface area contributed by atoms with E-state index in [1.807, 2.05) is 0 Å². The number of nitrogens with one attached hydrogen (secondary N) is 1. The van der Waals surface area contributed by atoms with Crippen molar-refractivity contribution >= 4 is 12.1 Å². The Labute approximate surface area is 120 Å². The van der Waals surface area contributed by atoms with Crippen molar-refractivity contribution in [2.45, 2.75) is 64.5 Å². The van der Waals surface area contributed by atoms with Crippen molar-refractivity contribution in [1.82, 2.24) is 5.32 Å². The van der Waals surface area contributed by atoms with Crippen LogP contribution in [-0.2, 0) is 9.53 Å². The average molecular weight is 283 g/mol. The minimum absolute atomic E-state index is 0.0207. The van der Waals surface area contributed by atoms with Crippen LogP contribution in [0.25, 0.3) is 0 Å². The van der Waals surface area contributed by atoms with E-state index in [-0.39, 0.29) is 18.4 Å². The van der Waals surface area contributed by atoms with Gasteiger partial charge in [-0.05, 0) is 57.8 Å². The summed E-state index contributed by atoms with van der Waals surface area (Å²) < 4.78 is 5.25. The van der Waals surface area contributed by atoms with E-state index in [9.17, 15) is 9.59 Å². The molecule has 0 aromatic heterocycles. The Balaban J connectivity index is 1.97. The van der Waals surface area contributed by atoms with Gasteiger partial charge in [0.1, 0.15) is 5.60 Å². The van der Waals surface area contributed by atoms with E-state index in [1.54, 1.807) is 20.8 Å². The Bertz CT molecular complexity index is 388. The second-order valence-corrected chi connectivity index (χ2v) is 7.19. The number of ether oxygens (including phenoxy) is 1. The van der Waals surface area contributed by atoms with Gasteiger partial charge in [0.25, 0.3) is 0 Å². The highest BCUT2D eigenvalue weighted by Crippen LogP contribution is 2.50. The number of amides is 1. The molecule has 114 valence electrons. The summed E-state index contributed by atoms with van der Waals surface area (Å²) in [5, 5.41) is 11.9. The number of carboxylic acid groups (broad SMARTS) is 1. The van der Waals surface area contributed by atoms with Gasteiger partial charge in [0.2, 0.25) is 0 Å². The average Bonchev–Trinajstić information content (AvgIpc) is 2.85. The van der Waals surface area contributed by atoms with Crippen molar-refractivity contribution in [1.29, 1.82) is 0 Å². The molecule has 4 atom stereocenters. The molecule has 2 aliphatic carbocycles. The number of carbonyl (C=O) groups excluding carboxylic acids is 1. The van der Waals surface area contributed by atoms with Crippen LogP contribution in [-0.4, -0.2) is 28.8 Å². The van der Waals surface area contributed by atoms with Crippen LogP contribution in [0.5, 0.6) is 0 Å². The SMILES string of the molecule is CC(C)(C)OC(=O)NC(CC(=O)O)C1CC2CCC1C2. The number of carbonyl (C=O) groups is 2. The second kappa shape index (κ2) is 5.62. The standard InChI is InChI=1S/C15H25NO4/c1-15(2,3)20-14(19)16-12(8-13(17)18)11-7-9-4-5-10(11)6-9/h9-12H,4-8H2,1-3H3,(H,16,19)(H,17,18). The summed E-state index contributed by atoms with van der Waals surface area (Å²) in [6, 6.07) is -0.308. The summed E-state index contributed by atoms with van der Waals surface area (Å²) in [5.41, 5.74) is -0.563. The van der Waals surface area contributed by atoms with Crippen LogP contribution in [0, 0.1) is 17.8 Å². The molecule has 2 bridgehead atoms. The van der Waals surface area contributed by atoms with Crippen LogP contribution in [0.1, 0.15) is 52.9 Å². The second-order valence-electron chi connectivity index (χ2n) is 7.19. The molecule has 1 amide bonds. The molecule has 2 rings (SSSR count). The number of carboxylic acids is 1. The number of hydrogen-bond acceptors (Lipinski definition) is 3. The molecule has 2 fully saturated rings. The number of hydrogen-bond donors (Lipinski definition) is 2. The van der Waals surface area contributed by atoms with E-state index in [0.717, 1.165) is 12.3 Å². The van der Waals surface area contributed by atoms with E-state index < -0.39 is 17.7 Å². The van der Waals surface area contributed by atoms with Crippen LogP contribution in [0.15, 0.2) is 0 Å². The zero-order valence-corrected chi connectivity index (χ0v) is 12.5. The van der Waals surface area contributed by atoms with Crippen molar-refractivity contribution < 1.29 is 19.4 Å². The molecule has 5 nitrogen and oxygen atoms in total. The zero-order valence-electron chi connectivity index (χ0n) is 12.5. The molecule has 2 N–H and O–H groups in total. The van der Waals surface area contributed by atoms with Gasteiger partial charge in [-0.2, -0.15) is 0 Å². The Hall–Kier alpha value is -1.26. The molecule has 0 aliphatic heterocycles. The van der Waals surface area contributed by atoms with Crippen LogP contribution in [0.3, 0.4) is 0 Å². The lowest BCUT2D eigenvalue weighted by Crippen LogP contribution is -2.45. The van der Waals surface area contributed by atoms with E-state index in [1.165, 1.54) is 19.3 Å². The monoisotopic (exact) mass is 283 g/mol. The summed E-state index contributed by atoms with van der Waals surface area (Å²) in [7, 11) is 0. The molecular weight excluding hydrogens is 258 g/mol. The van der Waals surface area contributed by atoms with E-state index in [0.29, 0.717) is 5.92 Å². The smallest absolute Gasteiger partial charge is 0.407 e. The first-order valence-corrected chi connectivity index (χ1v) is 7.46. The highest BCUT2D eigenvalue weighted by atomic mass is 16.6. The lowest BCUT2D eigenvalue weighted by atomic mass is 9.82. The van der Waals surface area contributed by atoms with Gasteiger partial charge in [-0.3, -0.25) is 4.79 Å². The molecule has 2 saturated carbocycles. The Morgan fingerprint density at radius 2 is 2.00 bits per heavy atom. The van der Waals surface area contributed by atoms with E-state index in [2.05, 4.69) is 5.32 Å². The van der Waals surface area contributed by atoms with Crippen molar-refractivity contribution in [2.75, 3.05) is 0 Å². The fourth-order valence-corrected chi connectivity index (χ4v) is 3.74. The highest BCUT2D eigenvalue weighted by molar-refractivity contribution is 5.71. The highest BCUT2D eigenvalue weighted by Gasteiger charge is 2.44. The lowest BCUT2D eigenvalue weighted by molar-refractivity contribution is -0.138. The summed E-state index contributed by atoms with van der Waals surface area (Å²) >= 11 is 0. The third-order valence-electron chi connectivity index (χ3n) is 4.41. The maximum absolute atomic E-state index is 11.9. The molecule has 0 aromatic rings. The largest absolute Gasteiger partial charge is 0.481 e. The van der Waals surface area contributed by atoms with Gasteiger partial charge >= 0.3 is 12.1 Å². The number of rotatable bonds is 4. The Morgan fingerprint density at radius 3 is 2.45 bits per heavy atom. The fourth-order valence-electron chi connectivity index (χ4n) is 3.74. The van der Waals surface area contributed by atoms with Gasteiger partial charge in [0.05, 0.1) is 6.42 Å². The molecule has 5 heteroatoms. The molecular formula is C15H25NO4. The molecule has 0 heterocycles. The lowest BCUT2D eigenvalue weighted by Gasteiger charge is -2.31. The summed E-state index contributed by atoms with van der Waals surface area (Å²) in [6.45, 7) is 5.41. The van der Waals surface area contributed by atoms with Gasteiger partial charge < -0.3 is 15.2 Å². The fraction of sp³-hybridized carbons (Fsp3) is 0.867. The first-order chi connectivity index (χ1) is 9.24. The number of fused-ring (bicyclic) bond motifs is 2. The maximum atomic E-state index is 11.9. The van der Waals surface area contributed by atoms with Gasteiger partial charge in [0, 0.05) is 6.04 Å². The number of aliphatic carboxylic acids is 1. The van der Waals surface area contributed by atoms with Crippen molar-refractivity contribution in [3.63, 3.8) is 0 Å². The summed E-state index contributed by atoms with van der Waals surface area (Å²) in [5.74, 6) is 0.715. The topological polar surface area (TPSA) is 75.6 Å². The van der Waals surface area contributed by atoms with Crippen molar-refractivity contribution in [3.8, 4) is 0 Å². The van der Waals surface area contributed by atoms with Gasteiger partial charge in [-0.15, -0.1) is 0 Å². The molecule has 4 unspecified atom stereocenters. The maximum Gasteiger partial charge on any atom is 0.407 e. The minimum atomic E-state index is -0.867. The predicted octanol–water partition coefficient (Wildman–Crippen LogP) is 2.79. The van der Waals surface area contributed by atoms with Crippen molar-refractivity contribution in [3.05, 3.63) is 0 Å². The first kappa shape index (κ1) is 15.1. The summed E-state index contributed by atoms with van der Waals surface area (Å²) in [6.07, 6.45) is 4.13. The molecule has 20 heavy (non-hydrogen) atoms. The van der Waals surface area contributed by atoms with Crippen LogP contribution >= 0.6 is 0 Å². The summed E-state index contributed by atoms with van der Waals surface area (Å²) in [4.78, 5) is 22.9. The minimum Gasteiger partial charge on any atom is -0.481 e. The normalized spacial score (nSPS) is 30.1. The molecule has 0 aromatic carbocycles. The van der Waals surface area contributed by atoms with Gasteiger partial charge in [-0.25, -0.2) is 4.79 Å². The quantitative estimate of drug-likeness (QED) is 0.832. The molecule has 0 radical (unpaired) electrons. The first-order valence-electron chi connectivity index (χ1n) is 7.46. The molecule has 0 saturated heterocycles. The number of alkyl carbamates (subject to hydrolysis) is 1.